The van der Waals surface area contributed by atoms with Crippen LogP contribution in [0, 0.1) is 0 Å². The summed E-state index contributed by atoms with van der Waals surface area (Å²) >= 11 is 0. The third kappa shape index (κ3) is 1.42. The van der Waals surface area contributed by atoms with Crippen molar-refractivity contribution < 1.29 is 9.26 Å². The molecule has 1 aromatic rings. The Morgan fingerprint density at radius 2 is 2.54 bits per heavy atom. The van der Waals surface area contributed by atoms with Gasteiger partial charge in [-0.05, 0) is 12.1 Å². The van der Waals surface area contributed by atoms with E-state index in [1.807, 2.05) is 6.92 Å². The van der Waals surface area contributed by atoms with Crippen molar-refractivity contribution in [3.63, 3.8) is 0 Å². The number of hydrogen-bond acceptors (Lipinski definition) is 4. The molecule has 0 fully saturated rings. The van der Waals surface area contributed by atoms with Gasteiger partial charge in [-0.15, -0.1) is 0 Å². The fourth-order valence-electron chi connectivity index (χ4n) is 1.61. The van der Waals surface area contributed by atoms with Gasteiger partial charge in [-0.1, -0.05) is 6.92 Å². The molecule has 0 aromatic carbocycles. The summed E-state index contributed by atoms with van der Waals surface area (Å²) in [6.07, 6.45) is 0. The third-order valence-corrected chi connectivity index (χ3v) is 2.26. The zero-order chi connectivity index (χ0) is 9.26. The van der Waals surface area contributed by atoms with Crippen LogP contribution in [-0.4, -0.2) is 18.3 Å². The second-order valence-corrected chi connectivity index (χ2v) is 3.30. The Labute approximate surface area is 77.2 Å². The van der Waals surface area contributed by atoms with Crippen molar-refractivity contribution in [2.45, 2.75) is 26.3 Å². The molecule has 0 spiro atoms. The third-order valence-electron chi connectivity index (χ3n) is 2.26. The number of nitrogens with one attached hydrogen (secondary N) is 1. The first-order chi connectivity index (χ1) is 6.33. The fraction of sp³-hybridized carbons (Fsp3) is 0.667. The highest BCUT2D eigenvalue weighted by molar-refractivity contribution is 5.32. The van der Waals surface area contributed by atoms with Gasteiger partial charge in [0.25, 0.3) is 5.88 Å². The lowest BCUT2D eigenvalue weighted by atomic mass is 10.0. The van der Waals surface area contributed by atoms with E-state index in [0.29, 0.717) is 18.4 Å². The maximum Gasteiger partial charge on any atom is 0.258 e. The fourth-order valence-corrected chi connectivity index (χ4v) is 1.61. The van der Waals surface area contributed by atoms with Crippen molar-refractivity contribution in [1.82, 2.24) is 10.5 Å². The Morgan fingerprint density at radius 1 is 1.69 bits per heavy atom. The number of hydrogen-bond donors (Lipinski definition) is 1. The second kappa shape index (κ2) is 3.38. The van der Waals surface area contributed by atoms with Crippen LogP contribution in [0.3, 0.4) is 0 Å². The summed E-state index contributed by atoms with van der Waals surface area (Å²) < 4.78 is 10.6. The average Bonchev–Trinajstić information content (AvgIpc) is 2.51. The van der Waals surface area contributed by atoms with Gasteiger partial charge in [0.2, 0.25) is 0 Å². The van der Waals surface area contributed by atoms with Crippen LogP contribution in [0.4, 0.5) is 0 Å². The zero-order valence-corrected chi connectivity index (χ0v) is 7.96. The number of fused-ring (bicyclic) bond motifs is 1. The van der Waals surface area contributed by atoms with E-state index >= 15 is 0 Å². The summed E-state index contributed by atoms with van der Waals surface area (Å²) in [7, 11) is 0. The minimum absolute atomic E-state index is 0.394. The van der Waals surface area contributed by atoms with Crippen molar-refractivity contribution in [2.24, 2.45) is 0 Å². The van der Waals surface area contributed by atoms with Crippen LogP contribution >= 0.6 is 0 Å². The van der Waals surface area contributed by atoms with Crippen LogP contribution < -0.4 is 10.1 Å². The summed E-state index contributed by atoms with van der Waals surface area (Å²) in [4.78, 5) is 0. The molecule has 1 aromatic heterocycles. The molecule has 2 heterocycles. The van der Waals surface area contributed by atoms with Crippen molar-refractivity contribution in [3.05, 3.63) is 11.3 Å². The molecule has 0 saturated carbocycles. The van der Waals surface area contributed by atoms with E-state index in [4.69, 9.17) is 9.26 Å². The first-order valence-electron chi connectivity index (χ1n) is 4.65. The van der Waals surface area contributed by atoms with Gasteiger partial charge in [-0.2, -0.15) is 0 Å². The maximum absolute atomic E-state index is 5.35. The monoisotopic (exact) mass is 182 g/mol. The standard InChI is InChI=1S/C9H14N2O2/c1-3-12-9-7-5-10-4-6(2)8(7)13-11-9/h6,10H,3-5H2,1-2H3. The quantitative estimate of drug-likeness (QED) is 0.748. The Hall–Kier alpha value is -1.03. The SMILES string of the molecule is CCOc1noc2c1CNCC2C. The van der Waals surface area contributed by atoms with Gasteiger partial charge in [0, 0.05) is 19.0 Å². The summed E-state index contributed by atoms with van der Waals surface area (Å²) in [5.74, 6) is 2.02. The Morgan fingerprint density at radius 3 is 3.31 bits per heavy atom. The largest absolute Gasteiger partial charge is 0.476 e. The molecule has 0 aliphatic carbocycles. The number of nitrogens with zero attached hydrogens (tertiary/aromatic N) is 1. The van der Waals surface area contributed by atoms with Gasteiger partial charge in [0.05, 0.1) is 12.2 Å². The van der Waals surface area contributed by atoms with Gasteiger partial charge < -0.3 is 14.6 Å². The molecule has 0 radical (unpaired) electrons. The van der Waals surface area contributed by atoms with E-state index in [-0.39, 0.29) is 0 Å². The van der Waals surface area contributed by atoms with Gasteiger partial charge in [0.15, 0.2) is 0 Å². The lowest BCUT2D eigenvalue weighted by molar-refractivity contribution is 0.287. The van der Waals surface area contributed by atoms with E-state index < -0.39 is 0 Å². The minimum atomic E-state index is 0.394. The number of rotatable bonds is 2. The second-order valence-electron chi connectivity index (χ2n) is 3.30. The van der Waals surface area contributed by atoms with Crippen LogP contribution in [0.1, 0.15) is 31.1 Å². The normalized spacial score (nSPS) is 21.2. The molecule has 0 amide bonds. The summed E-state index contributed by atoms with van der Waals surface area (Å²) in [5.41, 5.74) is 1.08. The molecular weight excluding hydrogens is 168 g/mol. The summed E-state index contributed by atoms with van der Waals surface area (Å²) in [6, 6.07) is 0. The van der Waals surface area contributed by atoms with Crippen molar-refractivity contribution in [2.75, 3.05) is 13.2 Å². The van der Waals surface area contributed by atoms with Crippen molar-refractivity contribution in [1.29, 1.82) is 0 Å². The highest BCUT2D eigenvalue weighted by Crippen LogP contribution is 2.30. The topological polar surface area (TPSA) is 47.3 Å². The molecule has 1 unspecified atom stereocenters. The molecule has 1 atom stereocenters. The van der Waals surface area contributed by atoms with Crippen LogP contribution in [0.15, 0.2) is 4.52 Å². The number of aromatic nitrogens is 1. The molecular formula is C9H14N2O2. The van der Waals surface area contributed by atoms with Gasteiger partial charge in [-0.25, -0.2) is 0 Å². The lowest BCUT2D eigenvalue weighted by Crippen LogP contribution is -2.25. The average molecular weight is 182 g/mol. The van der Waals surface area contributed by atoms with Crippen LogP contribution in [0.5, 0.6) is 5.88 Å². The van der Waals surface area contributed by atoms with Gasteiger partial charge >= 0.3 is 0 Å². The predicted octanol–water partition coefficient (Wildman–Crippen LogP) is 1.28. The van der Waals surface area contributed by atoms with E-state index in [9.17, 15) is 0 Å². The zero-order valence-electron chi connectivity index (χ0n) is 7.96. The molecule has 2 rings (SSSR count). The van der Waals surface area contributed by atoms with E-state index in [1.165, 1.54) is 0 Å². The van der Waals surface area contributed by atoms with Gasteiger partial charge in [0.1, 0.15) is 5.76 Å². The van der Waals surface area contributed by atoms with Crippen molar-refractivity contribution >= 4 is 0 Å². The maximum atomic E-state index is 5.35. The van der Waals surface area contributed by atoms with Crippen LogP contribution in [0.25, 0.3) is 0 Å². The molecule has 0 bridgehead atoms. The molecule has 4 heteroatoms. The highest BCUT2D eigenvalue weighted by atomic mass is 16.5. The molecule has 4 nitrogen and oxygen atoms in total. The first kappa shape index (κ1) is 8.56. The molecule has 1 N–H and O–H groups in total. The molecule has 13 heavy (non-hydrogen) atoms. The van der Waals surface area contributed by atoms with E-state index in [1.54, 1.807) is 0 Å². The molecule has 1 aliphatic rings. The summed E-state index contributed by atoms with van der Waals surface area (Å²) in [5, 5.41) is 7.20. The predicted molar refractivity (Wildman–Crippen MR) is 47.8 cm³/mol. The molecule has 72 valence electrons. The minimum Gasteiger partial charge on any atom is -0.476 e. The van der Waals surface area contributed by atoms with Crippen molar-refractivity contribution in [3.8, 4) is 5.88 Å². The number of ether oxygens (including phenoxy) is 1. The summed E-state index contributed by atoms with van der Waals surface area (Å²) in [6.45, 7) is 6.45. The van der Waals surface area contributed by atoms with Crippen LogP contribution in [0.2, 0.25) is 0 Å². The van der Waals surface area contributed by atoms with E-state index in [2.05, 4.69) is 17.4 Å². The highest BCUT2D eigenvalue weighted by Gasteiger charge is 2.25. The lowest BCUT2D eigenvalue weighted by Gasteiger charge is -2.17. The Bertz CT molecular complexity index is 296. The van der Waals surface area contributed by atoms with E-state index in [0.717, 1.165) is 24.4 Å². The Kier molecular flexibility index (Phi) is 2.22. The van der Waals surface area contributed by atoms with Crippen LogP contribution in [-0.2, 0) is 6.54 Å². The first-order valence-corrected chi connectivity index (χ1v) is 4.65. The van der Waals surface area contributed by atoms with Gasteiger partial charge in [-0.3, -0.25) is 0 Å². The Balaban J connectivity index is 2.30. The molecule has 0 saturated heterocycles. The molecule has 1 aliphatic heterocycles. The smallest absolute Gasteiger partial charge is 0.258 e.